The molecule has 0 atom stereocenters. The summed E-state index contributed by atoms with van der Waals surface area (Å²) in [6.45, 7) is 2.81. The summed E-state index contributed by atoms with van der Waals surface area (Å²) in [5.74, 6) is 0.539. The first-order valence-electron chi connectivity index (χ1n) is 12.8. The van der Waals surface area contributed by atoms with Crippen LogP contribution < -0.4 is 5.69 Å². The van der Waals surface area contributed by atoms with Gasteiger partial charge < -0.3 is 0 Å². The second-order valence-corrected chi connectivity index (χ2v) is 9.49. The van der Waals surface area contributed by atoms with Gasteiger partial charge in [0.05, 0.1) is 6.54 Å². The molecule has 8 nitrogen and oxygen atoms in total. The van der Waals surface area contributed by atoms with Gasteiger partial charge in [-0.25, -0.2) is 9.89 Å². The quantitative estimate of drug-likeness (QED) is 0.340. The molecule has 1 saturated carbocycles. The van der Waals surface area contributed by atoms with Crippen molar-refractivity contribution in [3.8, 4) is 22.6 Å². The van der Waals surface area contributed by atoms with E-state index in [9.17, 15) is 4.79 Å². The van der Waals surface area contributed by atoms with Crippen molar-refractivity contribution in [3.63, 3.8) is 0 Å². The Morgan fingerprint density at radius 3 is 2.63 bits per heavy atom. The zero-order chi connectivity index (χ0) is 24.0. The number of nitrogens with zero attached hydrogens (tertiary/aromatic N) is 6. The van der Waals surface area contributed by atoms with E-state index in [0.717, 1.165) is 48.1 Å². The number of imidazole rings is 1. The molecule has 0 saturated heterocycles. The maximum atomic E-state index is 13.5. The number of aromatic amines is 1. The van der Waals surface area contributed by atoms with Gasteiger partial charge in [0.1, 0.15) is 5.69 Å². The molecule has 0 amide bonds. The van der Waals surface area contributed by atoms with Crippen LogP contribution in [0, 0.1) is 0 Å². The fraction of sp³-hybridized carbons (Fsp3) is 0.444. The number of aryl methyl sites for hydroxylation is 1. The van der Waals surface area contributed by atoms with E-state index in [4.69, 9.17) is 0 Å². The summed E-state index contributed by atoms with van der Waals surface area (Å²) in [4.78, 5) is 18.0. The molecule has 5 rings (SSSR count). The van der Waals surface area contributed by atoms with Crippen molar-refractivity contribution in [1.82, 2.24) is 34.7 Å². The van der Waals surface area contributed by atoms with Crippen molar-refractivity contribution >= 4 is 0 Å². The van der Waals surface area contributed by atoms with E-state index in [1.807, 2.05) is 21.3 Å². The van der Waals surface area contributed by atoms with Gasteiger partial charge in [0.15, 0.2) is 5.82 Å². The largest absolute Gasteiger partial charge is 0.328 e. The third kappa shape index (κ3) is 5.11. The normalized spacial score (nSPS) is 14.4. The molecule has 1 aromatic carbocycles. The minimum Gasteiger partial charge on any atom is -0.296 e. The van der Waals surface area contributed by atoms with Crippen molar-refractivity contribution in [2.45, 2.75) is 77.3 Å². The third-order valence-corrected chi connectivity index (χ3v) is 7.07. The number of aromatic nitrogens is 7. The number of unbranched alkanes of at least 4 members (excludes halogenated alkanes) is 2. The average molecular weight is 472 g/mol. The lowest BCUT2D eigenvalue weighted by Gasteiger charge is -2.22. The first-order chi connectivity index (χ1) is 17.2. The second kappa shape index (κ2) is 10.8. The Balaban J connectivity index is 1.41. The lowest BCUT2D eigenvalue weighted by molar-refractivity contribution is 0.344. The van der Waals surface area contributed by atoms with Crippen LogP contribution in [-0.4, -0.2) is 34.7 Å². The predicted molar refractivity (Wildman–Crippen MR) is 136 cm³/mol. The molecule has 35 heavy (non-hydrogen) atoms. The number of H-pyrrole nitrogens is 1. The molecule has 1 aliphatic carbocycles. The molecule has 0 bridgehead atoms. The molecule has 3 aromatic heterocycles. The van der Waals surface area contributed by atoms with Crippen molar-refractivity contribution in [1.29, 1.82) is 0 Å². The summed E-state index contributed by atoms with van der Waals surface area (Å²) in [7, 11) is 0. The number of rotatable bonds is 9. The summed E-state index contributed by atoms with van der Waals surface area (Å²) in [5, 5.41) is 14.2. The molecule has 1 fully saturated rings. The van der Waals surface area contributed by atoms with E-state index in [1.165, 1.54) is 32.1 Å². The van der Waals surface area contributed by atoms with Gasteiger partial charge >= 0.3 is 5.69 Å². The highest BCUT2D eigenvalue weighted by Gasteiger charge is 2.21. The number of benzene rings is 1. The summed E-state index contributed by atoms with van der Waals surface area (Å²) in [6, 6.07) is 12.6. The lowest BCUT2D eigenvalue weighted by Crippen LogP contribution is -2.29. The van der Waals surface area contributed by atoms with Crippen LogP contribution in [0.5, 0.6) is 0 Å². The van der Waals surface area contributed by atoms with Gasteiger partial charge in [0, 0.05) is 29.7 Å². The average Bonchev–Trinajstić information content (AvgIpc) is 3.55. The minimum absolute atomic E-state index is 0.139. The van der Waals surface area contributed by atoms with E-state index >= 15 is 0 Å². The zero-order valence-corrected chi connectivity index (χ0v) is 20.4. The Labute approximate surface area is 205 Å². The molecule has 1 aliphatic rings. The highest BCUT2D eigenvalue weighted by molar-refractivity contribution is 5.77. The van der Waals surface area contributed by atoms with Gasteiger partial charge in [-0.05, 0) is 53.3 Å². The summed E-state index contributed by atoms with van der Waals surface area (Å²) >= 11 is 0. The van der Waals surface area contributed by atoms with Crippen LogP contribution in [-0.2, 0) is 13.0 Å². The summed E-state index contributed by atoms with van der Waals surface area (Å²) < 4.78 is 4.02. The van der Waals surface area contributed by atoms with Crippen molar-refractivity contribution < 1.29 is 0 Å². The van der Waals surface area contributed by atoms with Crippen molar-refractivity contribution in [2.24, 2.45) is 0 Å². The Morgan fingerprint density at radius 1 is 1.06 bits per heavy atom. The number of hydrogen-bond acceptors (Lipinski definition) is 5. The zero-order valence-electron chi connectivity index (χ0n) is 20.4. The van der Waals surface area contributed by atoms with Crippen LogP contribution in [0.15, 0.2) is 53.6 Å². The predicted octanol–water partition coefficient (Wildman–Crippen LogP) is 5.18. The molecule has 0 radical (unpaired) electrons. The maximum Gasteiger partial charge on any atom is 0.328 e. The highest BCUT2D eigenvalue weighted by Crippen LogP contribution is 2.29. The number of tetrazole rings is 1. The van der Waals surface area contributed by atoms with Crippen molar-refractivity contribution in [2.75, 3.05) is 0 Å². The molecule has 8 heteroatoms. The summed E-state index contributed by atoms with van der Waals surface area (Å²) in [6.07, 6.45) is 14.3. The smallest absolute Gasteiger partial charge is 0.296 e. The molecule has 0 spiro atoms. The van der Waals surface area contributed by atoms with Crippen LogP contribution in [0.2, 0.25) is 0 Å². The molecule has 4 aromatic rings. The van der Waals surface area contributed by atoms with Gasteiger partial charge in [-0.2, -0.15) is 0 Å². The third-order valence-electron chi connectivity index (χ3n) is 7.07. The van der Waals surface area contributed by atoms with Gasteiger partial charge in [-0.1, -0.05) is 69.4 Å². The van der Waals surface area contributed by atoms with E-state index in [2.05, 4.69) is 63.0 Å². The molecule has 3 heterocycles. The van der Waals surface area contributed by atoms with E-state index < -0.39 is 0 Å². The van der Waals surface area contributed by atoms with E-state index in [0.29, 0.717) is 24.1 Å². The standard InChI is InChI=1S/C27H33N7O/c1-2-3-5-11-23-19-34(22-9-6-4-7-10-22)27(35)33(23)18-20-13-15-21(16-14-20)24-12-8-17-28-25(24)26-29-31-32-30-26/h8,12-17,19,22H,2-7,9-11,18H2,1H3,(H,29,30,31,32). The van der Waals surface area contributed by atoms with Crippen LogP contribution in [0.1, 0.15) is 75.6 Å². The van der Waals surface area contributed by atoms with Gasteiger partial charge in [-0.15, -0.1) is 5.10 Å². The molecular weight excluding hydrogens is 438 g/mol. The first kappa shape index (κ1) is 23.2. The molecule has 182 valence electrons. The van der Waals surface area contributed by atoms with Gasteiger partial charge in [-0.3, -0.25) is 14.1 Å². The van der Waals surface area contributed by atoms with Crippen LogP contribution in [0.25, 0.3) is 22.6 Å². The monoisotopic (exact) mass is 471 g/mol. The fourth-order valence-electron chi connectivity index (χ4n) is 5.15. The Hall–Kier alpha value is -3.55. The summed E-state index contributed by atoms with van der Waals surface area (Å²) in [5.41, 5.74) is 5.11. The molecule has 1 N–H and O–H groups in total. The topological polar surface area (TPSA) is 94.3 Å². The van der Waals surface area contributed by atoms with Crippen LogP contribution in [0.3, 0.4) is 0 Å². The van der Waals surface area contributed by atoms with Crippen LogP contribution in [0.4, 0.5) is 0 Å². The lowest BCUT2D eigenvalue weighted by atomic mass is 9.95. The minimum atomic E-state index is 0.139. The van der Waals surface area contributed by atoms with Gasteiger partial charge in [0.25, 0.3) is 0 Å². The Kier molecular flexibility index (Phi) is 7.16. The van der Waals surface area contributed by atoms with Crippen molar-refractivity contribution in [3.05, 3.63) is 70.5 Å². The second-order valence-electron chi connectivity index (χ2n) is 9.49. The Morgan fingerprint density at radius 2 is 1.89 bits per heavy atom. The number of nitrogens with one attached hydrogen (secondary N) is 1. The van der Waals surface area contributed by atoms with E-state index in [-0.39, 0.29) is 5.69 Å². The SMILES string of the molecule is CCCCCc1cn(C2CCCCC2)c(=O)n1Cc1ccc(-c2cccnc2-c2nnn[nH]2)cc1. The molecule has 0 aliphatic heterocycles. The Bertz CT molecular complexity index is 1280. The molecular formula is C27H33N7O. The fourth-order valence-corrected chi connectivity index (χ4v) is 5.15. The van der Waals surface area contributed by atoms with Crippen LogP contribution >= 0.6 is 0 Å². The number of hydrogen-bond donors (Lipinski definition) is 1. The molecule has 0 unspecified atom stereocenters. The maximum absolute atomic E-state index is 13.5. The highest BCUT2D eigenvalue weighted by atomic mass is 16.1. The van der Waals surface area contributed by atoms with Gasteiger partial charge in [0.2, 0.25) is 0 Å². The number of pyridine rings is 1. The first-order valence-corrected chi connectivity index (χ1v) is 12.8. The van der Waals surface area contributed by atoms with E-state index in [1.54, 1.807) is 6.20 Å².